The van der Waals surface area contributed by atoms with E-state index >= 15 is 0 Å². The molecule has 0 aromatic rings. The van der Waals surface area contributed by atoms with Crippen LogP contribution in [0.1, 0.15) is 39.5 Å². The molecular formula is C9H22ClNO. The van der Waals surface area contributed by atoms with Crippen molar-refractivity contribution >= 4 is 12.4 Å². The Bertz CT molecular complexity index is 108. The molecule has 0 aromatic heterocycles. The van der Waals surface area contributed by atoms with Crippen molar-refractivity contribution in [1.29, 1.82) is 0 Å². The van der Waals surface area contributed by atoms with Crippen LogP contribution in [-0.2, 0) is 0 Å². The van der Waals surface area contributed by atoms with Gasteiger partial charge in [-0.2, -0.15) is 0 Å². The van der Waals surface area contributed by atoms with Gasteiger partial charge < -0.3 is 11.2 Å². The number of nitrogens with two attached hydrogens (primary N) is 1. The summed E-state index contributed by atoms with van der Waals surface area (Å²) in [7, 11) is 0. The quantitative estimate of drug-likeness (QED) is 0.733. The van der Waals surface area contributed by atoms with Gasteiger partial charge in [0.05, 0.1) is 0 Å². The third-order valence-corrected chi connectivity index (χ3v) is 2.69. The smallest absolute Gasteiger partial charge is 0.00204 e. The van der Waals surface area contributed by atoms with E-state index in [1.165, 1.54) is 25.7 Å². The molecule has 0 unspecified atom stereocenters. The van der Waals surface area contributed by atoms with Gasteiger partial charge in [0.15, 0.2) is 0 Å². The Morgan fingerprint density at radius 3 is 1.92 bits per heavy atom. The van der Waals surface area contributed by atoms with Crippen molar-refractivity contribution in [2.24, 2.45) is 17.1 Å². The molecule has 1 aliphatic rings. The molecule has 76 valence electrons. The summed E-state index contributed by atoms with van der Waals surface area (Å²) in [6.45, 7) is 5.48. The van der Waals surface area contributed by atoms with Gasteiger partial charge >= 0.3 is 0 Å². The summed E-state index contributed by atoms with van der Waals surface area (Å²) in [5.41, 5.74) is 6.28. The summed E-state index contributed by atoms with van der Waals surface area (Å²) in [5, 5.41) is 0. The first-order valence-corrected chi connectivity index (χ1v) is 4.39. The largest absolute Gasteiger partial charge is 0.412 e. The van der Waals surface area contributed by atoms with Gasteiger partial charge in [-0.15, -0.1) is 12.4 Å². The normalized spacial score (nSPS) is 19.0. The summed E-state index contributed by atoms with van der Waals surface area (Å²) >= 11 is 0. The van der Waals surface area contributed by atoms with Gasteiger partial charge in [-0.1, -0.05) is 20.3 Å². The second-order valence-corrected chi connectivity index (χ2v) is 4.16. The number of hydrogen-bond donors (Lipinski definition) is 1. The minimum absolute atomic E-state index is 0. The van der Waals surface area contributed by atoms with Crippen LogP contribution < -0.4 is 5.73 Å². The number of hydrogen-bond acceptors (Lipinski definition) is 1. The first-order valence-electron chi connectivity index (χ1n) is 4.39. The molecule has 0 radical (unpaired) electrons. The van der Waals surface area contributed by atoms with E-state index in [1.54, 1.807) is 0 Å². The molecule has 4 N–H and O–H groups in total. The molecular weight excluding hydrogens is 174 g/mol. The Morgan fingerprint density at radius 1 is 1.33 bits per heavy atom. The van der Waals surface area contributed by atoms with Crippen LogP contribution in [0.25, 0.3) is 0 Å². The molecule has 1 rings (SSSR count). The molecule has 3 heteroatoms. The molecule has 1 saturated carbocycles. The van der Waals surface area contributed by atoms with Crippen LogP contribution in [0.2, 0.25) is 0 Å². The van der Waals surface area contributed by atoms with E-state index in [9.17, 15) is 0 Å². The van der Waals surface area contributed by atoms with Crippen molar-refractivity contribution in [1.82, 2.24) is 0 Å². The number of rotatable bonds is 3. The highest BCUT2D eigenvalue weighted by atomic mass is 35.5. The maximum atomic E-state index is 5.72. The lowest BCUT2D eigenvalue weighted by Crippen LogP contribution is -2.38. The Labute approximate surface area is 81.6 Å². The van der Waals surface area contributed by atoms with Crippen molar-refractivity contribution in [3.05, 3.63) is 0 Å². The maximum absolute atomic E-state index is 5.72. The average molecular weight is 196 g/mol. The first-order chi connectivity index (χ1) is 4.68. The van der Waals surface area contributed by atoms with Gasteiger partial charge in [-0.3, -0.25) is 0 Å². The minimum Gasteiger partial charge on any atom is -0.412 e. The molecule has 0 atom stereocenters. The predicted molar refractivity (Wildman–Crippen MR) is 55.7 cm³/mol. The SMILES string of the molecule is CC(C)CC1(CN)CCC1.Cl.O. The lowest BCUT2D eigenvalue weighted by Gasteiger charge is -2.42. The van der Waals surface area contributed by atoms with Crippen molar-refractivity contribution in [3.63, 3.8) is 0 Å². The fourth-order valence-corrected chi connectivity index (χ4v) is 2.03. The third kappa shape index (κ3) is 3.30. The second-order valence-electron chi connectivity index (χ2n) is 4.16. The fourth-order valence-electron chi connectivity index (χ4n) is 2.03. The van der Waals surface area contributed by atoms with Crippen LogP contribution in [0.15, 0.2) is 0 Å². The highest BCUT2D eigenvalue weighted by Crippen LogP contribution is 2.44. The average Bonchev–Trinajstić information content (AvgIpc) is 1.78. The van der Waals surface area contributed by atoms with Crippen LogP contribution in [0, 0.1) is 11.3 Å². The molecule has 0 heterocycles. The Morgan fingerprint density at radius 2 is 1.83 bits per heavy atom. The zero-order valence-electron chi connectivity index (χ0n) is 8.10. The molecule has 0 amide bonds. The van der Waals surface area contributed by atoms with Crippen molar-refractivity contribution < 1.29 is 5.48 Å². The van der Waals surface area contributed by atoms with Crippen LogP contribution in [0.3, 0.4) is 0 Å². The lowest BCUT2D eigenvalue weighted by atomic mass is 9.65. The summed E-state index contributed by atoms with van der Waals surface area (Å²) in [5.74, 6) is 0.823. The van der Waals surface area contributed by atoms with Gasteiger partial charge in [-0.05, 0) is 37.1 Å². The molecule has 0 saturated heterocycles. The molecule has 1 aliphatic carbocycles. The molecule has 0 spiro atoms. The van der Waals surface area contributed by atoms with E-state index in [4.69, 9.17) is 5.73 Å². The van der Waals surface area contributed by atoms with E-state index in [1.807, 2.05) is 0 Å². The topological polar surface area (TPSA) is 57.5 Å². The molecule has 12 heavy (non-hydrogen) atoms. The highest BCUT2D eigenvalue weighted by molar-refractivity contribution is 5.85. The fraction of sp³-hybridized carbons (Fsp3) is 1.00. The van der Waals surface area contributed by atoms with Crippen LogP contribution in [0.4, 0.5) is 0 Å². The summed E-state index contributed by atoms with van der Waals surface area (Å²) in [6, 6.07) is 0. The van der Waals surface area contributed by atoms with Crippen LogP contribution in [0.5, 0.6) is 0 Å². The third-order valence-electron chi connectivity index (χ3n) is 2.69. The van der Waals surface area contributed by atoms with Gasteiger partial charge in [0.25, 0.3) is 0 Å². The van der Waals surface area contributed by atoms with Gasteiger partial charge in [0.1, 0.15) is 0 Å². The first kappa shape index (κ1) is 14.7. The monoisotopic (exact) mass is 195 g/mol. The van der Waals surface area contributed by atoms with Gasteiger partial charge in [0, 0.05) is 0 Å². The standard InChI is InChI=1S/C9H19N.ClH.H2O/c1-8(2)6-9(7-10)4-3-5-9;;/h8H,3-7,10H2,1-2H3;1H;1H2. The van der Waals surface area contributed by atoms with E-state index < -0.39 is 0 Å². The highest BCUT2D eigenvalue weighted by Gasteiger charge is 2.35. The van der Waals surface area contributed by atoms with E-state index in [2.05, 4.69) is 13.8 Å². The van der Waals surface area contributed by atoms with E-state index in [0.29, 0.717) is 5.41 Å². The van der Waals surface area contributed by atoms with Gasteiger partial charge in [-0.25, -0.2) is 0 Å². The minimum atomic E-state index is 0. The Hall–Kier alpha value is 0.210. The van der Waals surface area contributed by atoms with E-state index in [-0.39, 0.29) is 17.9 Å². The molecule has 0 aliphatic heterocycles. The summed E-state index contributed by atoms with van der Waals surface area (Å²) < 4.78 is 0. The Balaban J connectivity index is 0. The molecule has 2 nitrogen and oxygen atoms in total. The van der Waals surface area contributed by atoms with Crippen molar-refractivity contribution in [3.8, 4) is 0 Å². The van der Waals surface area contributed by atoms with Crippen LogP contribution >= 0.6 is 12.4 Å². The lowest BCUT2D eigenvalue weighted by molar-refractivity contribution is 0.111. The summed E-state index contributed by atoms with van der Waals surface area (Å²) in [4.78, 5) is 0. The van der Waals surface area contributed by atoms with Crippen molar-refractivity contribution in [2.45, 2.75) is 39.5 Å². The van der Waals surface area contributed by atoms with Crippen LogP contribution in [-0.4, -0.2) is 12.0 Å². The predicted octanol–water partition coefficient (Wildman–Crippen LogP) is 1.76. The summed E-state index contributed by atoms with van der Waals surface area (Å²) in [6.07, 6.45) is 5.50. The van der Waals surface area contributed by atoms with Crippen molar-refractivity contribution in [2.75, 3.05) is 6.54 Å². The maximum Gasteiger partial charge on any atom is -0.00204 e. The second kappa shape index (κ2) is 5.79. The number of halogens is 1. The zero-order chi connectivity index (χ0) is 7.61. The zero-order valence-corrected chi connectivity index (χ0v) is 8.91. The molecule has 0 bridgehead atoms. The van der Waals surface area contributed by atoms with E-state index in [0.717, 1.165) is 12.5 Å². The van der Waals surface area contributed by atoms with Gasteiger partial charge in [0.2, 0.25) is 0 Å². The molecule has 0 aromatic carbocycles. The Kier molecular flexibility index (Phi) is 7.10. The molecule has 1 fully saturated rings.